The molecule has 1 aliphatic rings. The van der Waals surface area contributed by atoms with Crippen LogP contribution in [0.4, 0.5) is 5.69 Å². The van der Waals surface area contributed by atoms with Crippen LogP contribution in [0.25, 0.3) is 0 Å². The van der Waals surface area contributed by atoms with Crippen LogP contribution in [0.1, 0.15) is 35.6 Å². The molecule has 2 heteroatoms. The maximum Gasteiger partial charge on any atom is 0.115 e. The van der Waals surface area contributed by atoms with Gasteiger partial charge in [-0.1, -0.05) is 18.1 Å². The Morgan fingerprint density at radius 3 is 2.95 bits per heavy atom. The third-order valence-electron chi connectivity index (χ3n) is 3.81. The maximum absolute atomic E-state index is 9.70. The molecule has 0 fully saturated rings. The molecule has 0 aromatic heterocycles. The number of rotatable bonds is 2. The average molecular weight is 263 g/mol. The summed E-state index contributed by atoms with van der Waals surface area (Å²) in [6.45, 7) is 0. The lowest BCUT2D eigenvalue weighted by Crippen LogP contribution is -2.17. The van der Waals surface area contributed by atoms with Gasteiger partial charge in [0.05, 0.1) is 6.04 Å². The Kier molecular flexibility index (Phi) is 3.35. The van der Waals surface area contributed by atoms with Gasteiger partial charge in [-0.15, -0.1) is 6.42 Å². The van der Waals surface area contributed by atoms with E-state index in [1.807, 2.05) is 36.4 Å². The number of hydrogen-bond donors (Lipinski definition) is 2. The highest BCUT2D eigenvalue weighted by atomic mass is 16.3. The van der Waals surface area contributed by atoms with E-state index in [0.29, 0.717) is 5.75 Å². The minimum Gasteiger partial charge on any atom is -0.508 e. The third kappa shape index (κ3) is 2.48. The van der Waals surface area contributed by atoms with Crippen LogP contribution >= 0.6 is 0 Å². The van der Waals surface area contributed by atoms with Crippen molar-refractivity contribution in [3.63, 3.8) is 0 Å². The summed E-state index contributed by atoms with van der Waals surface area (Å²) < 4.78 is 0. The summed E-state index contributed by atoms with van der Waals surface area (Å²) in [7, 11) is 0. The highest BCUT2D eigenvalue weighted by Gasteiger charge is 2.20. The molecule has 0 aliphatic heterocycles. The topological polar surface area (TPSA) is 32.3 Å². The zero-order valence-corrected chi connectivity index (χ0v) is 11.3. The molecule has 100 valence electrons. The summed E-state index contributed by atoms with van der Waals surface area (Å²) in [4.78, 5) is 0. The molecule has 2 nitrogen and oxygen atoms in total. The van der Waals surface area contributed by atoms with Gasteiger partial charge >= 0.3 is 0 Å². The van der Waals surface area contributed by atoms with Crippen LogP contribution in [0.2, 0.25) is 0 Å². The Hall–Kier alpha value is -2.40. The maximum atomic E-state index is 9.70. The second-order valence-electron chi connectivity index (χ2n) is 5.20. The Balaban J connectivity index is 1.89. The predicted octanol–water partition coefficient (Wildman–Crippen LogP) is 3.86. The summed E-state index contributed by atoms with van der Waals surface area (Å²) in [5.41, 5.74) is 4.42. The van der Waals surface area contributed by atoms with Crippen LogP contribution < -0.4 is 5.32 Å². The number of anilines is 1. The highest BCUT2D eigenvalue weighted by molar-refractivity contribution is 5.52. The summed E-state index contributed by atoms with van der Waals surface area (Å²) in [5, 5.41) is 13.2. The number of nitrogens with one attached hydrogen (secondary N) is 1. The first-order valence-corrected chi connectivity index (χ1v) is 6.91. The van der Waals surface area contributed by atoms with Gasteiger partial charge < -0.3 is 10.4 Å². The van der Waals surface area contributed by atoms with Crippen molar-refractivity contribution < 1.29 is 5.11 Å². The molecule has 2 aromatic rings. The number of phenols is 1. The summed E-state index contributed by atoms with van der Waals surface area (Å²) in [5.74, 6) is 2.98. The number of hydrogen-bond acceptors (Lipinski definition) is 2. The van der Waals surface area contributed by atoms with E-state index in [4.69, 9.17) is 6.42 Å². The molecule has 1 aliphatic carbocycles. The number of terminal acetylenes is 1. The lowest BCUT2D eigenvalue weighted by molar-refractivity contribution is 0.471. The molecule has 0 saturated carbocycles. The molecule has 1 atom stereocenters. The Bertz CT molecular complexity index is 669. The quantitative estimate of drug-likeness (QED) is 0.806. The predicted molar refractivity (Wildman–Crippen MR) is 81.8 cm³/mol. The smallest absolute Gasteiger partial charge is 0.115 e. The molecular weight excluding hydrogens is 246 g/mol. The van der Waals surface area contributed by atoms with Crippen LogP contribution in [-0.4, -0.2) is 5.11 Å². The first-order chi connectivity index (χ1) is 9.76. The van der Waals surface area contributed by atoms with Crippen LogP contribution in [0, 0.1) is 12.3 Å². The second kappa shape index (κ2) is 5.30. The van der Waals surface area contributed by atoms with E-state index in [0.717, 1.165) is 30.5 Å². The molecule has 0 bridgehead atoms. The standard InChI is InChI=1S/C18H17NO/c1-2-13-5-3-7-15(11-13)19-18-8-4-6-14-9-10-16(20)12-17(14)18/h1,3,5,7,9-12,18-20H,4,6,8H2. The number of fused-ring (bicyclic) bond motifs is 1. The number of aromatic hydroxyl groups is 1. The van der Waals surface area contributed by atoms with Gasteiger partial charge in [0.1, 0.15) is 5.75 Å². The minimum atomic E-state index is 0.235. The Labute approximate surface area is 119 Å². The monoisotopic (exact) mass is 263 g/mol. The Morgan fingerprint density at radius 2 is 2.10 bits per heavy atom. The summed E-state index contributed by atoms with van der Waals surface area (Å²) >= 11 is 0. The van der Waals surface area contributed by atoms with Crippen LogP contribution in [0.15, 0.2) is 42.5 Å². The van der Waals surface area contributed by atoms with Crippen molar-refractivity contribution in [3.8, 4) is 18.1 Å². The molecule has 0 saturated heterocycles. The van der Waals surface area contributed by atoms with Crippen LogP contribution in [0.5, 0.6) is 5.75 Å². The molecule has 0 radical (unpaired) electrons. The molecule has 20 heavy (non-hydrogen) atoms. The lowest BCUT2D eigenvalue weighted by Gasteiger charge is -2.27. The summed E-state index contributed by atoms with van der Waals surface area (Å²) in [6.07, 6.45) is 8.74. The van der Waals surface area contributed by atoms with E-state index >= 15 is 0 Å². The van der Waals surface area contributed by atoms with E-state index in [9.17, 15) is 5.11 Å². The van der Waals surface area contributed by atoms with Gasteiger partial charge in [-0.05, 0) is 60.7 Å². The van der Waals surface area contributed by atoms with Gasteiger partial charge in [0.2, 0.25) is 0 Å². The molecule has 2 N–H and O–H groups in total. The molecular formula is C18H17NO. The highest BCUT2D eigenvalue weighted by Crippen LogP contribution is 2.34. The van der Waals surface area contributed by atoms with Gasteiger partial charge in [-0.25, -0.2) is 0 Å². The molecule has 2 aromatic carbocycles. The molecule has 0 heterocycles. The van der Waals surface area contributed by atoms with Gasteiger partial charge in [0.25, 0.3) is 0 Å². The second-order valence-corrected chi connectivity index (χ2v) is 5.20. The van der Waals surface area contributed by atoms with E-state index in [-0.39, 0.29) is 6.04 Å². The lowest BCUT2D eigenvalue weighted by atomic mass is 9.87. The molecule has 0 amide bonds. The number of benzene rings is 2. The minimum absolute atomic E-state index is 0.235. The number of aryl methyl sites for hydroxylation is 1. The van der Waals surface area contributed by atoms with Gasteiger partial charge in [0.15, 0.2) is 0 Å². The first-order valence-electron chi connectivity index (χ1n) is 6.91. The van der Waals surface area contributed by atoms with Crippen molar-refractivity contribution in [3.05, 3.63) is 59.2 Å². The third-order valence-corrected chi connectivity index (χ3v) is 3.81. The van der Waals surface area contributed by atoms with Gasteiger partial charge in [-0.2, -0.15) is 0 Å². The van der Waals surface area contributed by atoms with Crippen molar-refractivity contribution in [1.29, 1.82) is 0 Å². The van der Waals surface area contributed by atoms with E-state index in [2.05, 4.69) is 11.2 Å². The largest absolute Gasteiger partial charge is 0.508 e. The zero-order valence-electron chi connectivity index (χ0n) is 11.3. The Morgan fingerprint density at radius 1 is 1.20 bits per heavy atom. The van der Waals surface area contributed by atoms with Crippen molar-refractivity contribution >= 4 is 5.69 Å². The van der Waals surface area contributed by atoms with E-state index in [1.54, 1.807) is 6.07 Å². The first kappa shape index (κ1) is 12.6. The van der Waals surface area contributed by atoms with E-state index in [1.165, 1.54) is 11.1 Å². The van der Waals surface area contributed by atoms with Crippen LogP contribution in [0.3, 0.4) is 0 Å². The molecule has 1 unspecified atom stereocenters. The SMILES string of the molecule is C#Cc1cccc(NC2CCCc3ccc(O)cc32)c1. The van der Waals surface area contributed by atoms with Gasteiger partial charge in [0, 0.05) is 11.3 Å². The van der Waals surface area contributed by atoms with Crippen molar-refractivity contribution in [2.45, 2.75) is 25.3 Å². The number of phenolic OH excluding ortho intramolecular Hbond substituents is 1. The van der Waals surface area contributed by atoms with Crippen molar-refractivity contribution in [1.82, 2.24) is 0 Å². The fourth-order valence-corrected chi connectivity index (χ4v) is 2.84. The average Bonchev–Trinajstić information content (AvgIpc) is 2.48. The fraction of sp³-hybridized carbons (Fsp3) is 0.222. The zero-order chi connectivity index (χ0) is 13.9. The van der Waals surface area contributed by atoms with Crippen molar-refractivity contribution in [2.24, 2.45) is 0 Å². The molecule has 3 rings (SSSR count). The van der Waals surface area contributed by atoms with Crippen LogP contribution in [-0.2, 0) is 6.42 Å². The van der Waals surface area contributed by atoms with Gasteiger partial charge in [-0.3, -0.25) is 0 Å². The van der Waals surface area contributed by atoms with E-state index < -0.39 is 0 Å². The molecule has 0 spiro atoms. The fourth-order valence-electron chi connectivity index (χ4n) is 2.84. The summed E-state index contributed by atoms with van der Waals surface area (Å²) in [6, 6.07) is 13.8. The normalized spacial score (nSPS) is 17.1. The van der Waals surface area contributed by atoms with Crippen molar-refractivity contribution in [2.75, 3.05) is 5.32 Å².